The van der Waals surface area contributed by atoms with Crippen molar-refractivity contribution < 1.29 is 4.52 Å². The van der Waals surface area contributed by atoms with E-state index in [0.29, 0.717) is 6.54 Å². The molecule has 1 heterocycles. The van der Waals surface area contributed by atoms with Crippen LogP contribution in [0, 0.1) is 5.41 Å². The van der Waals surface area contributed by atoms with Crippen molar-refractivity contribution in [3.63, 3.8) is 0 Å². The lowest BCUT2D eigenvalue weighted by Gasteiger charge is -2.25. The summed E-state index contributed by atoms with van der Waals surface area (Å²) in [7, 11) is 3.76. The fourth-order valence-electron chi connectivity index (χ4n) is 1.37. The lowest BCUT2D eigenvalue weighted by Crippen LogP contribution is -2.42. The Labute approximate surface area is 103 Å². The molecule has 0 spiro atoms. The number of guanidine groups is 1. The van der Waals surface area contributed by atoms with Gasteiger partial charge < -0.3 is 14.7 Å². The Hall–Kier alpha value is -1.52. The van der Waals surface area contributed by atoms with Gasteiger partial charge in [-0.25, -0.2) is 0 Å². The predicted octanol–water partition coefficient (Wildman–Crippen LogP) is 1.73. The molecular formula is C12H22N4O. The predicted molar refractivity (Wildman–Crippen MR) is 68.8 cm³/mol. The van der Waals surface area contributed by atoms with Gasteiger partial charge in [0.2, 0.25) is 0 Å². The summed E-state index contributed by atoms with van der Waals surface area (Å²) in [6.45, 7) is 8.11. The minimum Gasteiger partial charge on any atom is -0.364 e. The first kappa shape index (κ1) is 13.5. The highest BCUT2D eigenvalue weighted by molar-refractivity contribution is 5.79. The lowest BCUT2D eigenvalue weighted by atomic mass is 9.97. The first-order valence-electron chi connectivity index (χ1n) is 5.73. The quantitative estimate of drug-likeness (QED) is 0.643. The van der Waals surface area contributed by atoms with Crippen molar-refractivity contribution in [2.75, 3.05) is 20.6 Å². The average Bonchev–Trinajstić information content (AvgIpc) is 2.69. The number of hydrogen-bond donors (Lipinski definition) is 1. The lowest BCUT2D eigenvalue weighted by molar-refractivity contribution is 0.376. The summed E-state index contributed by atoms with van der Waals surface area (Å²) in [5.41, 5.74) is 1.12. The van der Waals surface area contributed by atoms with Crippen LogP contribution in [-0.2, 0) is 6.54 Å². The maximum Gasteiger partial charge on any atom is 0.193 e. The molecule has 1 rings (SSSR count). The molecule has 0 aromatic carbocycles. The molecule has 0 unspecified atom stereocenters. The molecule has 1 aromatic rings. The first-order valence-corrected chi connectivity index (χ1v) is 5.73. The van der Waals surface area contributed by atoms with Crippen molar-refractivity contribution in [3.8, 4) is 0 Å². The summed E-state index contributed by atoms with van der Waals surface area (Å²) >= 11 is 0. The Balaban J connectivity index is 2.50. The number of aromatic nitrogens is 1. The van der Waals surface area contributed by atoms with Crippen LogP contribution in [0.1, 0.15) is 26.5 Å². The molecule has 0 saturated heterocycles. The average molecular weight is 238 g/mol. The van der Waals surface area contributed by atoms with Crippen molar-refractivity contribution in [3.05, 3.63) is 18.0 Å². The van der Waals surface area contributed by atoms with Gasteiger partial charge in [-0.15, -0.1) is 0 Å². The van der Waals surface area contributed by atoms with Crippen LogP contribution in [-0.4, -0.2) is 36.7 Å². The van der Waals surface area contributed by atoms with Crippen LogP contribution in [0.3, 0.4) is 0 Å². The molecule has 1 aromatic heterocycles. The zero-order valence-corrected chi connectivity index (χ0v) is 11.3. The van der Waals surface area contributed by atoms with Gasteiger partial charge in [0.25, 0.3) is 0 Å². The SMILES string of the molecule is CN=C(NCC(C)(C)C)N(C)Cc1ccon1. The van der Waals surface area contributed by atoms with E-state index in [1.165, 1.54) is 0 Å². The van der Waals surface area contributed by atoms with Gasteiger partial charge in [0, 0.05) is 26.7 Å². The van der Waals surface area contributed by atoms with E-state index >= 15 is 0 Å². The van der Waals surface area contributed by atoms with Crippen LogP contribution in [0.25, 0.3) is 0 Å². The molecular weight excluding hydrogens is 216 g/mol. The second-order valence-corrected chi connectivity index (χ2v) is 5.31. The van der Waals surface area contributed by atoms with Crippen LogP contribution in [0.2, 0.25) is 0 Å². The molecule has 0 saturated carbocycles. The van der Waals surface area contributed by atoms with Crippen LogP contribution in [0.5, 0.6) is 0 Å². The Kier molecular flexibility index (Phi) is 4.54. The molecule has 0 aliphatic carbocycles. The third kappa shape index (κ3) is 4.89. The highest BCUT2D eigenvalue weighted by atomic mass is 16.5. The van der Waals surface area contributed by atoms with Crippen molar-refractivity contribution in [1.29, 1.82) is 0 Å². The van der Waals surface area contributed by atoms with Crippen LogP contribution in [0.15, 0.2) is 21.8 Å². The van der Waals surface area contributed by atoms with E-state index in [1.807, 2.05) is 18.0 Å². The van der Waals surface area contributed by atoms with Gasteiger partial charge in [0.05, 0.1) is 6.54 Å². The number of aliphatic imine (C=N–C) groups is 1. The van der Waals surface area contributed by atoms with Crippen molar-refractivity contribution in [1.82, 2.24) is 15.4 Å². The van der Waals surface area contributed by atoms with Crippen LogP contribution >= 0.6 is 0 Å². The van der Waals surface area contributed by atoms with E-state index < -0.39 is 0 Å². The smallest absolute Gasteiger partial charge is 0.193 e. The third-order valence-corrected chi connectivity index (χ3v) is 2.24. The molecule has 96 valence electrons. The Bertz CT molecular complexity index is 351. The van der Waals surface area contributed by atoms with E-state index in [-0.39, 0.29) is 5.41 Å². The highest BCUT2D eigenvalue weighted by Crippen LogP contribution is 2.10. The first-order chi connectivity index (χ1) is 7.92. The maximum atomic E-state index is 4.81. The highest BCUT2D eigenvalue weighted by Gasteiger charge is 2.13. The Morgan fingerprint density at radius 2 is 2.24 bits per heavy atom. The van der Waals surface area contributed by atoms with Gasteiger partial charge in [0.1, 0.15) is 12.0 Å². The van der Waals surface area contributed by atoms with E-state index in [4.69, 9.17) is 4.52 Å². The molecule has 0 radical (unpaired) electrons. The summed E-state index contributed by atoms with van der Waals surface area (Å²) in [6, 6.07) is 1.85. The third-order valence-electron chi connectivity index (χ3n) is 2.24. The summed E-state index contributed by atoms with van der Waals surface area (Å²) in [5, 5.41) is 7.22. The molecule has 0 amide bonds. The van der Waals surface area contributed by atoms with Gasteiger partial charge >= 0.3 is 0 Å². The minimum absolute atomic E-state index is 0.227. The molecule has 17 heavy (non-hydrogen) atoms. The number of nitrogens with zero attached hydrogens (tertiary/aromatic N) is 3. The maximum absolute atomic E-state index is 4.81. The second kappa shape index (κ2) is 5.70. The Morgan fingerprint density at radius 1 is 1.53 bits per heavy atom. The van der Waals surface area contributed by atoms with Crippen molar-refractivity contribution in [2.24, 2.45) is 10.4 Å². The van der Waals surface area contributed by atoms with Gasteiger partial charge in [-0.3, -0.25) is 4.99 Å². The van der Waals surface area contributed by atoms with E-state index in [0.717, 1.165) is 18.2 Å². The Morgan fingerprint density at radius 3 is 2.71 bits per heavy atom. The molecule has 0 atom stereocenters. The normalized spacial score (nSPS) is 12.6. The molecule has 0 fully saturated rings. The van der Waals surface area contributed by atoms with Crippen molar-refractivity contribution >= 4 is 5.96 Å². The topological polar surface area (TPSA) is 53.7 Å². The minimum atomic E-state index is 0.227. The summed E-state index contributed by atoms with van der Waals surface area (Å²) in [6.07, 6.45) is 1.58. The number of rotatable bonds is 3. The fraction of sp³-hybridized carbons (Fsp3) is 0.667. The van der Waals surface area contributed by atoms with Gasteiger partial charge in [0.15, 0.2) is 5.96 Å². The summed E-state index contributed by atoms with van der Waals surface area (Å²) in [4.78, 5) is 6.26. The van der Waals surface area contributed by atoms with E-state index in [2.05, 4.69) is 36.2 Å². The monoisotopic (exact) mass is 238 g/mol. The molecule has 0 aliphatic rings. The standard InChI is InChI=1S/C12H22N4O/c1-12(2,3)9-14-11(13-4)16(5)8-10-6-7-17-15-10/h6-7H,8-9H2,1-5H3,(H,13,14). The molecule has 5 nitrogen and oxygen atoms in total. The molecule has 1 N–H and O–H groups in total. The summed E-state index contributed by atoms with van der Waals surface area (Å²) in [5.74, 6) is 0.864. The van der Waals surface area contributed by atoms with Gasteiger partial charge in [-0.05, 0) is 5.41 Å². The molecule has 5 heteroatoms. The zero-order chi connectivity index (χ0) is 12.9. The fourth-order valence-corrected chi connectivity index (χ4v) is 1.37. The van der Waals surface area contributed by atoms with Crippen LogP contribution < -0.4 is 5.32 Å². The zero-order valence-electron chi connectivity index (χ0n) is 11.3. The van der Waals surface area contributed by atoms with Gasteiger partial charge in [-0.2, -0.15) is 0 Å². The van der Waals surface area contributed by atoms with E-state index in [1.54, 1.807) is 13.3 Å². The molecule has 0 aliphatic heterocycles. The molecule has 0 bridgehead atoms. The summed E-state index contributed by atoms with van der Waals surface area (Å²) < 4.78 is 4.81. The van der Waals surface area contributed by atoms with Crippen molar-refractivity contribution in [2.45, 2.75) is 27.3 Å². The number of hydrogen-bond acceptors (Lipinski definition) is 3. The second-order valence-electron chi connectivity index (χ2n) is 5.31. The largest absolute Gasteiger partial charge is 0.364 e. The van der Waals surface area contributed by atoms with E-state index in [9.17, 15) is 0 Å². The number of nitrogens with one attached hydrogen (secondary N) is 1. The van der Waals surface area contributed by atoms with Crippen LogP contribution in [0.4, 0.5) is 0 Å². The van der Waals surface area contributed by atoms with Gasteiger partial charge in [-0.1, -0.05) is 25.9 Å².